The molecule has 0 bridgehead atoms. The Kier molecular flexibility index (Phi) is 4.72. The maximum atomic E-state index is 11.3. The van der Waals surface area contributed by atoms with E-state index in [1.54, 1.807) is 30.8 Å². The highest BCUT2D eigenvalue weighted by molar-refractivity contribution is 5.80. The second-order valence-electron chi connectivity index (χ2n) is 3.52. The summed E-state index contributed by atoms with van der Waals surface area (Å²) in [5.74, 6) is -0.0552. The van der Waals surface area contributed by atoms with Gasteiger partial charge in [-0.1, -0.05) is 6.07 Å². The van der Waals surface area contributed by atoms with Crippen LogP contribution in [0.5, 0.6) is 0 Å². The van der Waals surface area contributed by atoms with Gasteiger partial charge in [-0.2, -0.15) is 0 Å². The summed E-state index contributed by atoms with van der Waals surface area (Å²) >= 11 is 0. The summed E-state index contributed by atoms with van der Waals surface area (Å²) in [6, 6.07) is 4.79. The fourth-order valence-corrected chi connectivity index (χ4v) is 1.36. The molecule has 88 valence electrons. The van der Waals surface area contributed by atoms with Gasteiger partial charge in [0.2, 0.25) is 5.91 Å². The van der Waals surface area contributed by atoms with Crippen LogP contribution in [0, 0.1) is 0 Å². The molecule has 0 radical (unpaired) electrons. The zero-order valence-corrected chi connectivity index (χ0v) is 9.56. The van der Waals surface area contributed by atoms with Gasteiger partial charge in [-0.05, 0) is 13.0 Å². The Balaban J connectivity index is 2.39. The lowest BCUT2D eigenvalue weighted by Gasteiger charge is -2.12. The number of rotatable bonds is 5. The van der Waals surface area contributed by atoms with Crippen molar-refractivity contribution in [2.75, 3.05) is 13.6 Å². The third-order valence-electron chi connectivity index (χ3n) is 2.34. The van der Waals surface area contributed by atoms with Gasteiger partial charge in [-0.25, -0.2) is 0 Å². The fraction of sp³-hybridized carbons (Fsp3) is 0.455. The van der Waals surface area contributed by atoms with Gasteiger partial charge in [0.15, 0.2) is 0 Å². The lowest BCUT2D eigenvalue weighted by molar-refractivity contribution is -0.122. The van der Waals surface area contributed by atoms with Crippen LogP contribution >= 0.6 is 0 Å². The molecule has 5 heteroatoms. The van der Waals surface area contributed by atoms with E-state index in [0.29, 0.717) is 13.1 Å². The highest BCUT2D eigenvalue weighted by atomic mass is 16.2. The van der Waals surface area contributed by atoms with E-state index in [1.165, 1.54) is 6.07 Å². The minimum atomic E-state index is -0.246. The monoisotopic (exact) mass is 223 g/mol. The summed E-state index contributed by atoms with van der Waals surface area (Å²) < 4.78 is 1.60. The van der Waals surface area contributed by atoms with Crippen LogP contribution in [-0.2, 0) is 11.3 Å². The molecule has 0 aromatic carbocycles. The van der Waals surface area contributed by atoms with E-state index in [9.17, 15) is 9.59 Å². The molecular formula is C11H17N3O2. The first-order valence-corrected chi connectivity index (χ1v) is 5.25. The average Bonchev–Trinajstić information content (AvgIpc) is 2.30. The van der Waals surface area contributed by atoms with Gasteiger partial charge in [0.25, 0.3) is 5.56 Å². The number of likely N-dealkylation sites (N-methyl/N-ethyl adjacent to an activating group) is 1. The summed E-state index contributed by atoms with van der Waals surface area (Å²) in [4.78, 5) is 22.5. The van der Waals surface area contributed by atoms with Crippen LogP contribution in [0.4, 0.5) is 0 Å². The van der Waals surface area contributed by atoms with Crippen molar-refractivity contribution in [1.29, 1.82) is 0 Å². The molecule has 0 saturated carbocycles. The zero-order valence-electron chi connectivity index (χ0n) is 9.56. The quantitative estimate of drug-likeness (QED) is 0.712. The number of aromatic nitrogens is 1. The Morgan fingerprint density at radius 1 is 1.50 bits per heavy atom. The second-order valence-corrected chi connectivity index (χ2v) is 3.52. The zero-order chi connectivity index (χ0) is 12.0. The Morgan fingerprint density at radius 3 is 2.88 bits per heavy atom. The van der Waals surface area contributed by atoms with Crippen molar-refractivity contribution in [1.82, 2.24) is 15.2 Å². The van der Waals surface area contributed by atoms with Crippen molar-refractivity contribution < 1.29 is 4.79 Å². The molecule has 5 nitrogen and oxygen atoms in total. The summed E-state index contributed by atoms with van der Waals surface area (Å²) in [6.45, 7) is 2.92. The number of pyridine rings is 1. The van der Waals surface area contributed by atoms with Gasteiger partial charge in [-0.3, -0.25) is 9.59 Å². The molecule has 0 saturated heterocycles. The molecular weight excluding hydrogens is 206 g/mol. The first kappa shape index (κ1) is 12.4. The van der Waals surface area contributed by atoms with Crippen LogP contribution < -0.4 is 16.2 Å². The molecule has 1 unspecified atom stereocenters. The number of carbonyl (C=O) groups is 1. The predicted octanol–water partition coefficient (Wildman–Crippen LogP) is -0.428. The third kappa shape index (κ3) is 3.51. The van der Waals surface area contributed by atoms with Crippen LogP contribution in [0.1, 0.15) is 6.92 Å². The maximum absolute atomic E-state index is 11.3. The fourth-order valence-electron chi connectivity index (χ4n) is 1.36. The van der Waals surface area contributed by atoms with E-state index >= 15 is 0 Å². The summed E-state index contributed by atoms with van der Waals surface area (Å²) in [6.07, 6.45) is 1.73. The van der Waals surface area contributed by atoms with E-state index in [4.69, 9.17) is 0 Å². The van der Waals surface area contributed by atoms with Crippen LogP contribution in [-0.4, -0.2) is 30.1 Å². The number of nitrogens with one attached hydrogen (secondary N) is 2. The molecule has 16 heavy (non-hydrogen) atoms. The maximum Gasteiger partial charge on any atom is 0.250 e. The largest absolute Gasteiger partial charge is 0.358 e. The molecule has 1 aromatic rings. The molecule has 1 aromatic heterocycles. The van der Waals surface area contributed by atoms with Crippen LogP contribution in [0.25, 0.3) is 0 Å². The average molecular weight is 223 g/mol. The molecule has 0 aliphatic rings. The predicted molar refractivity (Wildman–Crippen MR) is 62.2 cm³/mol. The third-order valence-corrected chi connectivity index (χ3v) is 2.34. The lowest BCUT2D eigenvalue weighted by Crippen LogP contribution is -2.42. The SMILES string of the molecule is CNC(=O)C(C)NCCn1ccccc1=O. The highest BCUT2D eigenvalue weighted by Crippen LogP contribution is 1.84. The van der Waals surface area contributed by atoms with Gasteiger partial charge in [-0.15, -0.1) is 0 Å². The second kappa shape index (κ2) is 6.07. The molecule has 1 rings (SSSR count). The molecule has 1 atom stereocenters. The van der Waals surface area contributed by atoms with Gasteiger partial charge in [0.1, 0.15) is 0 Å². The number of carbonyl (C=O) groups excluding carboxylic acids is 1. The standard InChI is InChI=1S/C11H17N3O2/c1-9(11(16)12-2)13-6-8-14-7-4-3-5-10(14)15/h3-5,7,9,13H,6,8H2,1-2H3,(H,12,16). The molecule has 0 aliphatic heterocycles. The summed E-state index contributed by atoms with van der Waals surface area (Å²) in [5, 5.41) is 5.59. The first-order chi connectivity index (χ1) is 7.65. The normalized spacial score (nSPS) is 12.1. The van der Waals surface area contributed by atoms with Crippen LogP contribution in [0.2, 0.25) is 0 Å². The van der Waals surface area contributed by atoms with Gasteiger partial charge in [0.05, 0.1) is 6.04 Å². The minimum absolute atomic E-state index is 0.0307. The summed E-state index contributed by atoms with van der Waals surface area (Å²) in [5.41, 5.74) is -0.0307. The van der Waals surface area contributed by atoms with Crippen molar-refractivity contribution in [3.8, 4) is 0 Å². The van der Waals surface area contributed by atoms with Crippen molar-refractivity contribution >= 4 is 5.91 Å². The molecule has 0 spiro atoms. The number of hydrogen-bond acceptors (Lipinski definition) is 3. The van der Waals surface area contributed by atoms with Crippen molar-refractivity contribution in [2.24, 2.45) is 0 Å². The molecule has 0 aliphatic carbocycles. The minimum Gasteiger partial charge on any atom is -0.358 e. The Morgan fingerprint density at radius 2 is 2.25 bits per heavy atom. The van der Waals surface area contributed by atoms with E-state index < -0.39 is 0 Å². The summed E-state index contributed by atoms with van der Waals surface area (Å²) in [7, 11) is 1.60. The van der Waals surface area contributed by atoms with Crippen molar-refractivity contribution in [3.05, 3.63) is 34.7 Å². The number of hydrogen-bond donors (Lipinski definition) is 2. The highest BCUT2D eigenvalue weighted by Gasteiger charge is 2.08. The van der Waals surface area contributed by atoms with E-state index in [1.807, 2.05) is 6.07 Å². The van der Waals surface area contributed by atoms with Gasteiger partial charge in [0, 0.05) is 32.4 Å². The molecule has 1 amide bonds. The van der Waals surface area contributed by atoms with Crippen LogP contribution in [0.15, 0.2) is 29.2 Å². The Hall–Kier alpha value is -1.62. The molecule has 2 N–H and O–H groups in total. The topological polar surface area (TPSA) is 63.1 Å². The van der Waals surface area contributed by atoms with E-state index in [2.05, 4.69) is 10.6 Å². The van der Waals surface area contributed by atoms with Crippen molar-refractivity contribution in [2.45, 2.75) is 19.5 Å². The smallest absolute Gasteiger partial charge is 0.250 e. The van der Waals surface area contributed by atoms with Gasteiger partial charge >= 0.3 is 0 Å². The Bertz CT molecular complexity index is 400. The first-order valence-electron chi connectivity index (χ1n) is 5.25. The van der Waals surface area contributed by atoms with Crippen molar-refractivity contribution in [3.63, 3.8) is 0 Å². The lowest BCUT2D eigenvalue weighted by atomic mass is 10.3. The molecule has 0 fully saturated rings. The van der Waals surface area contributed by atoms with E-state index in [0.717, 1.165) is 0 Å². The van der Waals surface area contributed by atoms with Crippen LogP contribution in [0.3, 0.4) is 0 Å². The number of amides is 1. The molecule has 1 heterocycles. The van der Waals surface area contributed by atoms with E-state index in [-0.39, 0.29) is 17.5 Å². The Labute approximate surface area is 94.5 Å². The van der Waals surface area contributed by atoms with Gasteiger partial charge < -0.3 is 15.2 Å². The number of nitrogens with zero attached hydrogens (tertiary/aromatic N) is 1.